The summed E-state index contributed by atoms with van der Waals surface area (Å²) in [6.07, 6.45) is 3.40. The monoisotopic (exact) mass is 291 g/mol. The molecule has 0 saturated heterocycles. The van der Waals surface area contributed by atoms with Crippen LogP contribution < -0.4 is 10.1 Å². The number of hydrogen-bond donors (Lipinski definition) is 2. The second-order valence-electron chi connectivity index (χ2n) is 3.79. The number of anilines is 2. The fourth-order valence-corrected chi connectivity index (χ4v) is 2.00. The molecule has 1 aromatic carbocycles. The molecule has 0 aliphatic heterocycles. The van der Waals surface area contributed by atoms with Gasteiger partial charge in [0.25, 0.3) is 0 Å². The van der Waals surface area contributed by atoms with Gasteiger partial charge in [-0.2, -0.15) is 0 Å². The molecule has 1 aromatic heterocycles. The van der Waals surface area contributed by atoms with Crippen LogP contribution >= 0.6 is 11.8 Å². The number of aromatic carboxylic acids is 1. The maximum absolute atomic E-state index is 11.0. The van der Waals surface area contributed by atoms with Crippen molar-refractivity contribution in [2.24, 2.45) is 0 Å². The number of thioether (sulfide) groups is 1. The van der Waals surface area contributed by atoms with Crippen LogP contribution in [0.15, 0.2) is 35.6 Å². The van der Waals surface area contributed by atoms with Crippen LogP contribution in [0, 0.1) is 0 Å². The summed E-state index contributed by atoms with van der Waals surface area (Å²) in [5.41, 5.74) is 0.808. The van der Waals surface area contributed by atoms with Crippen molar-refractivity contribution in [2.45, 2.75) is 5.03 Å². The van der Waals surface area contributed by atoms with Crippen LogP contribution in [0.3, 0.4) is 0 Å². The Morgan fingerprint density at radius 3 is 2.80 bits per heavy atom. The van der Waals surface area contributed by atoms with Crippen molar-refractivity contribution >= 4 is 29.2 Å². The van der Waals surface area contributed by atoms with Crippen LogP contribution in [0.2, 0.25) is 0 Å². The lowest BCUT2D eigenvalue weighted by molar-refractivity contribution is 0.0693. The minimum absolute atomic E-state index is 0.116. The summed E-state index contributed by atoms with van der Waals surface area (Å²) in [5.74, 6) is -0.101. The predicted octanol–water partition coefficient (Wildman–Crippen LogP) is 2.65. The standard InChI is InChI=1S/C13H13N3O3S/c1-19-10-5-8(3-4-9(10)13(17)18)16-11-6-12(20-2)15-7-14-11/h3-7H,1-2H3,(H,17,18)(H,14,15,16). The van der Waals surface area contributed by atoms with Crippen LogP contribution in [0.25, 0.3) is 0 Å². The third-order valence-electron chi connectivity index (χ3n) is 2.56. The van der Waals surface area contributed by atoms with Gasteiger partial charge in [0, 0.05) is 17.8 Å². The van der Waals surface area contributed by atoms with Gasteiger partial charge in [-0.3, -0.25) is 0 Å². The first-order valence-corrected chi connectivity index (χ1v) is 6.91. The minimum Gasteiger partial charge on any atom is -0.496 e. The molecule has 0 bridgehead atoms. The van der Waals surface area contributed by atoms with E-state index < -0.39 is 5.97 Å². The number of rotatable bonds is 5. The molecular formula is C13H13N3O3S. The molecule has 7 heteroatoms. The zero-order valence-corrected chi connectivity index (χ0v) is 11.8. The van der Waals surface area contributed by atoms with Crippen molar-refractivity contribution < 1.29 is 14.6 Å². The first-order chi connectivity index (χ1) is 9.63. The van der Waals surface area contributed by atoms with Crippen LogP contribution in [0.5, 0.6) is 5.75 Å². The summed E-state index contributed by atoms with van der Waals surface area (Å²) >= 11 is 1.51. The number of methoxy groups -OCH3 is 1. The molecule has 0 saturated carbocycles. The number of carboxylic acids is 1. The Hall–Kier alpha value is -2.28. The largest absolute Gasteiger partial charge is 0.496 e. The van der Waals surface area contributed by atoms with Gasteiger partial charge in [0.05, 0.1) is 7.11 Å². The highest BCUT2D eigenvalue weighted by molar-refractivity contribution is 7.98. The molecule has 2 aromatic rings. The first-order valence-electron chi connectivity index (χ1n) is 5.68. The average molecular weight is 291 g/mol. The molecule has 0 fully saturated rings. The van der Waals surface area contributed by atoms with Crippen molar-refractivity contribution in [3.05, 3.63) is 36.2 Å². The first kappa shape index (κ1) is 14.1. The van der Waals surface area contributed by atoms with Crippen LogP contribution in [0.4, 0.5) is 11.5 Å². The molecule has 1 heterocycles. The van der Waals surface area contributed by atoms with E-state index in [1.807, 2.05) is 12.3 Å². The molecule has 0 radical (unpaired) electrons. The van der Waals surface area contributed by atoms with E-state index in [9.17, 15) is 4.79 Å². The zero-order chi connectivity index (χ0) is 14.5. The number of nitrogens with one attached hydrogen (secondary N) is 1. The van der Waals surface area contributed by atoms with Crippen molar-refractivity contribution in [1.29, 1.82) is 0 Å². The molecule has 0 spiro atoms. The second kappa shape index (κ2) is 6.25. The van der Waals surface area contributed by atoms with Gasteiger partial charge < -0.3 is 15.2 Å². The maximum Gasteiger partial charge on any atom is 0.339 e. The van der Waals surface area contributed by atoms with E-state index in [-0.39, 0.29) is 5.56 Å². The number of hydrogen-bond acceptors (Lipinski definition) is 6. The maximum atomic E-state index is 11.0. The van der Waals surface area contributed by atoms with E-state index in [4.69, 9.17) is 9.84 Å². The molecular weight excluding hydrogens is 278 g/mol. The highest BCUT2D eigenvalue weighted by Crippen LogP contribution is 2.25. The van der Waals surface area contributed by atoms with E-state index in [1.165, 1.54) is 31.3 Å². The van der Waals surface area contributed by atoms with Gasteiger partial charge in [-0.05, 0) is 18.4 Å². The van der Waals surface area contributed by atoms with Crippen molar-refractivity contribution in [3.8, 4) is 5.75 Å². The molecule has 6 nitrogen and oxygen atoms in total. The summed E-state index contributed by atoms with van der Waals surface area (Å²) in [7, 11) is 1.43. The quantitative estimate of drug-likeness (QED) is 0.647. The lowest BCUT2D eigenvalue weighted by Crippen LogP contribution is -2.02. The molecule has 0 amide bonds. The summed E-state index contributed by atoms with van der Waals surface area (Å²) in [6.45, 7) is 0. The summed E-state index contributed by atoms with van der Waals surface area (Å²) in [6, 6.07) is 6.57. The number of nitrogens with zero attached hydrogens (tertiary/aromatic N) is 2. The summed E-state index contributed by atoms with van der Waals surface area (Å²) < 4.78 is 5.07. The van der Waals surface area contributed by atoms with Gasteiger partial charge in [-0.1, -0.05) is 0 Å². The fourth-order valence-electron chi connectivity index (χ4n) is 1.61. The Morgan fingerprint density at radius 1 is 1.35 bits per heavy atom. The Labute approximate surface area is 120 Å². The predicted molar refractivity (Wildman–Crippen MR) is 77.0 cm³/mol. The van der Waals surface area contributed by atoms with Gasteiger partial charge in [0.15, 0.2) is 0 Å². The van der Waals surface area contributed by atoms with Gasteiger partial charge in [0.1, 0.15) is 28.5 Å². The van der Waals surface area contributed by atoms with Crippen LogP contribution in [0.1, 0.15) is 10.4 Å². The normalized spacial score (nSPS) is 10.1. The van der Waals surface area contributed by atoms with Crippen LogP contribution in [-0.2, 0) is 0 Å². The van der Waals surface area contributed by atoms with Gasteiger partial charge in [-0.25, -0.2) is 14.8 Å². The number of aromatic nitrogens is 2. The van der Waals surface area contributed by atoms with Crippen LogP contribution in [-0.4, -0.2) is 34.4 Å². The number of carboxylic acid groups (broad SMARTS) is 1. The van der Waals surface area contributed by atoms with Gasteiger partial charge >= 0.3 is 5.97 Å². The molecule has 104 valence electrons. The minimum atomic E-state index is -1.03. The summed E-state index contributed by atoms with van der Waals surface area (Å²) in [5, 5.41) is 12.9. The summed E-state index contributed by atoms with van der Waals surface area (Å²) in [4.78, 5) is 19.2. The molecule has 2 rings (SSSR count). The van der Waals surface area contributed by atoms with E-state index >= 15 is 0 Å². The van der Waals surface area contributed by atoms with E-state index in [1.54, 1.807) is 12.1 Å². The molecule has 0 aliphatic rings. The highest BCUT2D eigenvalue weighted by Gasteiger charge is 2.11. The van der Waals surface area contributed by atoms with Gasteiger partial charge in [0.2, 0.25) is 0 Å². The van der Waals surface area contributed by atoms with Crippen molar-refractivity contribution in [1.82, 2.24) is 9.97 Å². The Bertz CT molecular complexity index is 634. The molecule has 2 N–H and O–H groups in total. The van der Waals surface area contributed by atoms with Gasteiger partial charge in [-0.15, -0.1) is 11.8 Å². The SMILES string of the molecule is COc1cc(Nc2cc(SC)ncn2)ccc1C(=O)O. The lowest BCUT2D eigenvalue weighted by atomic mass is 10.2. The highest BCUT2D eigenvalue weighted by atomic mass is 32.2. The fraction of sp³-hybridized carbons (Fsp3) is 0.154. The number of carbonyl (C=O) groups is 1. The molecule has 0 atom stereocenters. The zero-order valence-electron chi connectivity index (χ0n) is 11.0. The topological polar surface area (TPSA) is 84.3 Å². The van der Waals surface area contributed by atoms with E-state index in [0.717, 1.165) is 5.03 Å². The van der Waals surface area contributed by atoms with Crippen molar-refractivity contribution in [3.63, 3.8) is 0 Å². The average Bonchev–Trinajstić information content (AvgIpc) is 2.47. The molecule has 0 aliphatic carbocycles. The Kier molecular flexibility index (Phi) is 4.41. The lowest BCUT2D eigenvalue weighted by Gasteiger charge is -2.10. The molecule has 20 heavy (non-hydrogen) atoms. The Balaban J connectivity index is 2.27. The number of ether oxygens (including phenoxy) is 1. The van der Waals surface area contributed by atoms with E-state index in [2.05, 4.69) is 15.3 Å². The number of benzene rings is 1. The third-order valence-corrected chi connectivity index (χ3v) is 3.20. The van der Waals surface area contributed by atoms with E-state index in [0.29, 0.717) is 17.3 Å². The smallest absolute Gasteiger partial charge is 0.339 e. The third kappa shape index (κ3) is 3.18. The second-order valence-corrected chi connectivity index (χ2v) is 4.62. The van der Waals surface area contributed by atoms with Crippen molar-refractivity contribution in [2.75, 3.05) is 18.7 Å². The Morgan fingerprint density at radius 2 is 2.15 bits per heavy atom. The molecule has 0 unspecified atom stereocenters.